The molecular formula is C9H10N2O3S. The predicted molar refractivity (Wildman–Crippen MR) is 60.1 cm³/mol. The molecule has 1 aromatic rings. The molecule has 1 aromatic carbocycles. The number of rotatable bonds is 4. The highest BCUT2D eigenvalue weighted by atomic mass is 32.1. The number of methoxy groups -OCH3 is 1. The van der Waals surface area contributed by atoms with Gasteiger partial charge >= 0.3 is 5.69 Å². The van der Waals surface area contributed by atoms with Crippen LogP contribution in [0.15, 0.2) is 18.2 Å². The first-order valence-electron chi connectivity index (χ1n) is 4.14. The minimum Gasteiger partial charge on any atom is -0.490 e. The van der Waals surface area contributed by atoms with Crippen LogP contribution < -0.4 is 10.5 Å². The molecule has 0 atom stereocenters. The second kappa shape index (κ2) is 4.70. The number of nitro benzene ring substituents is 1. The van der Waals surface area contributed by atoms with Gasteiger partial charge in [0.2, 0.25) is 0 Å². The standard InChI is InChI=1S/C9H10N2O3S/c1-14-8-3-2-6(5-9(10)15)4-7(8)11(12)13/h2-4H,5H2,1H3,(H2,10,15). The fourth-order valence-electron chi connectivity index (χ4n) is 1.19. The lowest BCUT2D eigenvalue weighted by Gasteiger charge is -2.03. The minimum atomic E-state index is -0.498. The van der Waals surface area contributed by atoms with Gasteiger partial charge in [-0.2, -0.15) is 0 Å². The second-order valence-corrected chi connectivity index (χ2v) is 3.43. The van der Waals surface area contributed by atoms with E-state index >= 15 is 0 Å². The Labute approximate surface area is 92.0 Å². The molecule has 6 heteroatoms. The summed E-state index contributed by atoms with van der Waals surface area (Å²) in [5.74, 6) is 0.228. The molecule has 0 heterocycles. The summed E-state index contributed by atoms with van der Waals surface area (Å²) in [7, 11) is 1.38. The molecule has 15 heavy (non-hydrogen) atoms. The summed E-state index contributed by atoms with van der Waals surface area (Å²) in [6.07, 6.45) is 0.347. The summed E-state index contributed by atoms with van der Waals surface area (Å²) >= 11 is 4.72. The van der Waals surface area contributed by atoms with E-state index in [9.17, 15) is 10.1 Å². The number of nitrogens with two attached hydrogens (primary N) is 1. The molecule has 0 aromatic heterocycles. The highest BCUT2D eigenvalue weighted by Crippen LogP contribution is 2.27. The highest BCUT2D eigenvalue weighted by Gasteiger charge is 2.14. The molecule has 5 nitrogen and oxygen atoms in total. The maximum absolute atomic E-state index is 10.7. The largest absolute Gasteiger partial charge is 0.490 e. The van der Waals surface area contributed by atoms with Crippen molar-refractivity contribution < 1.29 is 9.66 Å². The molecule has 80 valence electrons. The van der Waals surface area contributed by atoms with Crippen LogP contribution in [0.4, 0.5) is 5.69 Å². The van der Waals surface area contributed by atoms with Crippen molar-refractivity contribution in [2.75, 3.05) is 7.11 Å². The Kier molecular flexibility index (Phi) is 3.56. The summed E-state index contributed by atoms with van der Waals surface area (Å²) in [5.41, 5.74) is 5.98. The van der Waals surface area contributed by atoms with Crippen molar-refractivity contribution in [3.05, 3.63) is 33.9 Å². The number of nitro groups is 1. The third kappa shape index (κ3) is 2.88. The molecule has 0 fully saturated rings. The lowest BCUT2D eigenvalue weighted by molar-refractivity contribution is -0.385. The van der Waals surface area contributed by atoms with Crippen LogP contribution in [-0.4, -0.2) is 17.0 Å². The quantitative estimate of drug-likeness (QED) is 0.477. The number of hydrogen-bond donors (Lipinski definition) is 1. The molecule has 0 radical (unpaired) electrons. The Hall–Kier alpha value is -1.69. The van der Waals surface area contributed by atoms with E-state index in [1.165, 1.54) is 19.2 Å². The van der Waals surface area contributed by atoms with Gasteiger partial charge in [-0.3, -0.25) is 10.1 Å². The highest BCUT2D eigenvalue weighted by molar-refractivity contribution is 7.80. The van der Waals surface area contributed by atoms with Crippen molar-refractivity contribution in [3.63, 3.8) is 0 Å². The van der Waals surface area contributed by atoms with Gasteiger partial charge in [0.15, 0.2) is 5.75 Å². The van der Waals surface area contributed by atoms with Crippen LogP contribution in [0.25, 0.3) is 0 Å². The Morgan fingerprint density at radius 2 is 2.33 bits per heavy atom. The van der Waals surface area contributed by atoms with Crippen LogP contribution in [0.5, 0.6) is 5.75 Å². The van der Waals surface area contributed by atoms with Gasteiger partial charge in [-0.15, -0.1) is 0 Å². The molecule has 0 amide bonds. The van der Waals surface area contributed by atoms with E-state index in [2.05, 4.69) is 0 Å². The Bertz CT molecular complexity index is 406. The molecular weight excluding hydrogens is 216 g/mol. The zero-order chi connectivity index (χ0) is 11.4. The number of benzene rings is 1. The van der Waals surface area contributed by atoms with E-state index in [-0.39, 0.29) is 11.4 Å². The van der Waals surface area contributed by atoms with Crippen LogP contribution in [0.1, 0.15) is 5.56 Å². The zero-order valence-electron chi connectivity index (χ0n) is 8.10. The van der Waals surface area contributed by atoms with Gasteiger partial charge in [-0.25, -0.2) is 0 Å². The number of thiocarbonyl (C=S) groups is 1. The first kappa shape index (κ1) is 11.4. The van der Waals surface area contributed by atoms with E-state index in [1.807, 2.05) is 0 Å². The van der Waals surface area contributed by atoms with Crippen LogP contribution in [-0.2, 0) is 6.42 Å². The number of hydrogen-bond acceptors (Lipinski definition) is 4. The summed E-state index contributed by atoms with van der Waals surface area (Å²) in [6, 6.07) is 4.65. The zero-order valence-corrected chi connectivity index (χ0v) is 8.91. The first-order valence-corrected chi connectivity index (χ1v) is 4.55. The topological polar surface area (TPSA) is 78.4 Å². The molecule has 0 spiro atoms. The summed E-state index contributed by atoms with van der Waals surface area (Å²) < 4.78 is 4.86. The van der Waals surface area contributed by atoms with Crippen molar-refractivity contribution >= 4 is 22.9 Å². The van der Waals surface area contributed by atoms with Crippen LogP contribution in [0.3, 0.4) is 0 Å². The van der Waals surface area contributed by atoms with Crippen LogP contribution in [0, 0.1) is 10.1 Å². The Morgan fingerprint density at radius 3 is 2.80 bits per heavy atom. The summed E-state index contributed by atoms with van der Waals surface area (Å²) in [6.45, 7) is 0. The SMILES string of the molecule is COc1ccc(CC(N)=S)cc1[N+](=O)[O-]. The minimum absolute atomic E-state index is 0.0775. The smallest absolute Gasteiger partial charge is 0.311 e. The van der Waals surface area contributed by atoms with Gasteiger partial charge in [0.25, 0.3) is 0 Å². The summed E-state index contributed by atoms with van der Waals surface area (Å²) in [4.78, 5) is 10.5. The monoisotopic (exact) mass is 226 g/mol. The van der Waals surface area contributed by atoms with E-state index in [0.717, 1.165) is 0 Å². The average molecular weight is 226 g/mol. The van der Waals surface area contributed by atoms with E-state index in [4.69, 9.17) is 22.7 Å². The van der Waals surface area contributed by atoms with Gasteiger partial charge in [0.1, 0.15) is 0 Å². The maximum Gasteiger partial charge on any atom is 0.311 e. The van der Waals surface area contributed by atoms with Gasteiger partial charge in [0, 0.05) is 12.5 Å². The van der Waals surface area contributed by atoms with Crippen molar-refractivity contribution in [1.82, 2.24) is 0 Å². The molecule has 0 bridgehead atoms. The van der Waals surface area contributed by atoms with E-state index < -0.39 is 4.92 Å². The number of ether oxygens (including phenoxy) is 1. The molecule has 0 aliphatic carbocycles. The van der Waals surface area contributed by atoms with Crippen molar-refractivity contribution in [2.45, 2.75) is 6.42 Å². The van der Waals surface area contributed by atoms with Crippen molar-refractivity contribution in [1.29, 1.82) is 0 Å². The lowest BCUT2D eigenvalue weighted by atomic mass is 10.1. The molecule has 1 rings (SSSR count). The first-order chi connectivity index (χ1) is 7.04. The van der Waals surface area contributed by atoms with Crippen molar-refractivity contribution in [3.8, 4) is 5.75 Å². The van der Waals surface area contributed by atoms with Crippen molar-refractivity contribution in [2.24, 2.45) is 5.73 Å². The average Bonchev–Trinajstić information content (AvgIpc) is 2.16. The molecule has 0 saturated carbocycles. The third-order valence-corrected chi connectivity index (χ3v) is 1.96. The van der Waals surface area contributed by atoms with E-state index in [1.54, 1.807) is 6.07 Å². The summed E-state index contributed by atoms with van der Waals surface area (Å²) in [5, 5.41) is 10.7. The van der Waals surface area contributed by atoms with E-state index in [0.29, 0.717) is 17.0 Å². The number of nitrogens with zero attached hydrogens (tertiary/aromatic N) is 1. The molecule has 0 saturated heterocycles. The van der Waals surface area contributed by atoms with Gasteiger partial charge < -0.3 is 10.5 Å². The molecule has 0 aliphatic heterocycles. The van der Waals surface area contributed by atoms with Crippen LogP contribution >= 0.6 is 12.2 Å². The van der Waals surface area contributed by atoms with Gasteiger partial charge in [-0.05, 0) is 11.6 Å². The third-order valence-electron chi connectivity index (χ3n) is 1.82. The van der Waals surface area contributed by atoms with Crippen LogP contribution in [0.2, 0.25) is 0 Å². The fourth-order valence-corrected chi connectivity index (χ4v) is 1.36. The van der Waals surface area contributed by atoms with Gasteiger partial charge in [-0.1, -0.05) is 18.3 Å². The second-order valence-electron chi connectivity index (χ2n) is 2.91. The normalized spacial score (nSPS) is 9.67. The maximum atomic E-state index is 10.7. The molecule has 2 N–H and O–H groups in total. The Morgan fingerprint density at radius 1 is 1.67 bits per heavy atom. The van der Waals surface area contributed by atoms with Gasteiger partial charge in [0.05, 0.1) is 17.0 Å². The lowest BCUT2D eigenvalue weighted by Crippen LogP contribution is -2.11. The Balaban J connectivity index is 3.10. The fraction of sp³-hybridized carbons (Fsp3) is 0.222. The predicted octanol–water partition coefficient (Wildman–Crippen LogP) is 1.43. The molecule has 0 aliphatic rings. The molecule has 0 unspecified atom stereocenters.